The first-order valence-electron chi connectivity index (χ1n) is 8.80. The average molecular weight is 349 g/mol. The summed E-state index contributed by atoms with van der Waals surface area (Å²) < 4.78 is 0. The van der Waals surface area contributed by atoms with Gasteiger partial charge in [-0.3, -0.25) is 0 Å². The zero-order valence-corrected chi connectivity index (χ0v) is 16.0. The fourth-order valence-corrected chi connectivity index (χ4v) is 8.17. The van der Waals surface area contributed by atoms with Gasteiger partial charge in [-0.05, 0) is 41.6 Å². The lowest BCUT2D eigenvalue weighted by Gasteiger charge is -2.37. The summed E-state index contributed by atoms with van der Waals surface area (Å²) in [7, 11) is 0.415. The molecule has 0 bridgehead atoms. The fourth-order valence-electron chi connectivity index (χ4n) is 4.80. The largest absolute Gasteiger partial charge is 0.0657 e. The zero-order valence-electron chi connectivity index (χ0n) is 13.7. The molecule has 0 amide bonds. The minimum Gasteiger partial charge on any atom is -0.0657 e. The minimum atomic E-state index is -0.0760. The molecule has 25 heavy (non-hydrogen) atoms. The van der Waals surface area contributed by atoms with Crippen molar-refractivity contribution in [2.45, 2.75) is 0 Å². The fraction of sp³-hybridized carbons (Fsp3) is 0.0435. The first kappa shape index (κ1) is 13.8. The van der Waals surface area contributed by atoms with Gasteiger partial charge < -0.3 is 0 Å². The molecule has 0 saturated heterocycles. The monoisotopic (exact) mass is 348 g/mol. The molecule has 6 rings (SSSR count). The van der Waals surface area contributed by atoms with Crippen molar-refractivity contribution in [1.29, 1.82) is 0 Å². The van der Waals surface area contributed by atoms with Gasteiger partial charge in [0.1, 0.15) is 0 Å². The lowest BCUT2D eigenvalue weighted by atomic mass is 9.68. The molecule has 2 aliphatic carbocycles. The summed E-state index contributed by atoms with van der Waals surface area (Å²) >= 11 is 0. The Morgan fingerprint density at radius 2 is 1.08 bits per heavy atom. The normalized spacial score (nSPS) is 20.2. The average Bonchev–Trinajstić information content (AvgIpc) is 3.21. The molecule has 0 nitrogen and oxygen atoms in total. The summed E-state index contributed by atoms with van der Waals surface area (Å²) in [5.41, 5.74) is 3.02. The van der Waals surface area contributed by atoms with Crippen molar-refractivity contribution >= 4 is 29.4 Å². The van der Waals surface area contributed by atoms with Crippen LogP contribution in [0.25, 0.3) is 11.1 Å². The summed E-state index contributed by atoms with van der Waals surface area (Å²) in [6.45, 7) is 0. The second-order valence-electron chi connectivity index (χ2n) is 7.04. The SMILES string of the molecule is C1=CC2(C=CC=C3[SiH]=c4ccccc4=C32)C2=c3ccccc3=[SiH]C2=C1. The van der Waals surface area contributed by atoms with Crippen LogP contribution >= 0.6 is 0 Å². The summed E-state index contributed by atoms with van der Waals surface area (Å²) in [6, 6.07) is 18.1. The van der Waals surface area contributed by atoms with Crippen molar-refractivity contribution in [2.75, 3.05) is 0 Å². The van der Waals surface area contributed by atoms with E-state index in [1.807, 2.05) is 0 Å². The Hall–Kier alpha value is -2.43. The molecule has 2 aromatic rings. The molecule has 0 atom stereocenters. The molecule has 2 heteroatoms. The Balaban J connectivity index is 1.82. The Morgan fingerprint density at radius 1 is 0.600 bits per heavy atom. The van der Waals surface area contributed by atoms with E-state index in [9.17, 15) is 0 Å². The van der Waals surface area contributed by atoms with Crippen LogP contribution in [-0.4, -0.2) is 18.3 Å². The Morgan fingerprint density at radius 3 is 1.60 bits per heavy atom. The van der Waals surface area contributed by atoms with Crippen LogP contribution in [0.3, 0.4) is 0 Å². The Labute approximate surface area is 150 Å². The van der Waals surface area contributed by atoms with Crippen LogP contribution in [0, 0.1) is 15.0 Å². The van der Waals surface area contributed by atoms with E-state index >= 15 is 0 Å². The van der Waals surface area contributed by atoms with Crippen LogP contribution in [0.1, 0.15) is 0 Å². The number of hydrogen-bond donors (Lipinski definition) is 0. The molecule has 116 valence electrons. The topological polar surface area (TPSA) is 0 Å². The van der Waals surface area contributed by atoms with Crippen molar-refractivity contribution in [1.82, 2.24) is 0 Å². The van der Waals surface area contributed by atoms with Gasteiger partial charge in [0.25, 0.3) is 0 Å². The van der Waals surface area contributed by atoms with Gasteiger partial charge in [0.2, 0.25) is 0 Å². The lowest BCUT2D eigenvalue weighted by molar-refractivity contribution is 0.855. The third-order valence-electron chi connectivity index (χ3n) is 5.76. The Bertz CT molecular complexity index is 1230. The van der Waals surface area contributed by atoms with Gasteiger partial charge >= 0.3 is 0 Å². The highest BCUT2D eigenvalue weighted by Gasteiger charge is 2.41. The smallest absolute Gasteiger partial charge is 0.0584 e. The minimum absolute atomic E-state index is 0.0760. The molecule has 4 aliphatic rings. The molecule has 0 N–H and O–H groups in total. The summed E-state index contributed by atoms with van der Waals surface area (Å²) in [5.74, 6) is 0. The van der Waals surface area contributed by atoms with Crippen molar-refractivity contribution in [3.63, 3.8) is 0 Å². The molecular formula is C23H16Si2. The van der Waals surface area contributed by atoms with E-state index in [4.69, 9.17) is 0 Å². The molecule has 0 aromatic heterocycles. The maximum atomic E-state index is 2.44. The Kier molecular flexibility index (Phi) is 2.66. The highest BCUT2D eigenvalue weighted by atomic mass is 28.2. The highest BCUT2D eigenvalue weighted by Crippen LogP contribution is 2.50. The molecule has 2 heterocycles. The van der Waals surface area contributed by atoms with Crippen molar-refractivity contribution < 1.29 is 0 Å². The van der Waals surface area contributed by atoms with E-state index in [1.165, 1.54) is 10.4 Å². The summed E-state index contributed by atoms with van der Waals surface area (Å²) in [4.78, 5) is 3.10. The van der Waals surface area contributed by atoms with E-state index in [2.05, 4.69) is 85.0 Å². The first-order valence-corrected chi connectivity index (χ1v) is 11.1. The maximum Gasteiger partial charge on any atom is 0.0584 e. The number of benzene rings is 2. The van der Waals surface area contributed by atoms with E-state index < -0.39 is 0 Å². The molecule has 0 fully saturated rings. The van der Waals surface area contributed by atoms with Crippen LogP contribution in [0.2, 0.25) is 0 Å². The number of allylic oxidation sites excluding steroid dienone is 8. The van der Waals surface area contributed by atoms with Crippen molar-refractivity contribution in [3.05, 3.63) is 115 Å². The van der Waals surface area contributed by atoms with Crippen LogP contribution in [0.15, 0.2) is 95.4 Å². The molecule has 2 aromatic carbocycles. The molecule has 0 saturated carbocycles. The summed E-state index contributed by atoms with van der Waals surface area (Å²) in [6.07, 6.45) is 14.2. The van der Waals surface area contributed by atoms with Gasteiger partial charge in [-0.1, -0.05) is 85.0 Å². The predicted octanol–water partition coefficient (Wildman–Crippen LogP) is 1.98. The maximum absolute atomic E-state index is 2.44. The first-order chi connectivity index (χ1) is 12.4. The molecular weight excluding hydrogens is 332 g/mol. The van der Waals surface area contributed by atoms with Crippen LogP contribution in [0.4, 0.5) is 0 Å². The molecule has 1 spiro atoms. The molecule has 0 radical (unpaired) electrons. The van der Waals surface area contributed by atoms with E-state index in [0.717, 1.165) is 0 Å². The number of fused-ring (bicyclic) bond motifs is 6. The van der Waals surface area contributed by atoms with E-state index in [0.29, 0.717) is 0 Å². The van der Waals surface area contributed by atoms with Gasteiger partial charge in [0, 0.05) is 18.3 Å². The number of rotatable bonds is 0. The van der Waals surface area contributed by atoms with Gasteiger partial charge in [-0.15, -0.1) is 0 Å². The number of hydrogen-bond acceptors (Lipinski definition) is 0. The van der Waals surface area contributed by atoms with Gasteiger partial charge in [-0.25, -0.2) is 0 Å². The van der Waals surface area contributed by atoms with Crippen molar-refractivity contribution in [3.8, 4) is 0 Å². The van der Waals surface area contributed by atoms with E-state index in [1.54, 1.807) is 31.2 Å². The van der Waals surface area contributed by atoms with Crippen LogP contribution in [0.5, 0.6) is 0 Å². The van der Waals surface area contributed by atoms with Gasteiger partial charge in [0.05, 0.1) is 5.41 Å². The van der Waals surface area contributed by atoms with Crippen LogP contribution < -0.4 is 10.4 Å². The van der Waals surface area contributed by atoms with Gasteiger partial charge in [-0.2, -0.15) is 0 Å². The lowest BCUT2D eigenvalue weighted by Crippen LogP contribution is -2.31. The standard InChI is InChI=1S/C23H16Si2/c1-3-9-17-15(7-1)21-19(24-17)11-5-13-23(21)14-6-12-20-22(23)16-8-2-4-10-18(16)25-20/h1-14,24-25H. The highest BCUT2D eigenvalue weighted by molar-refractivity contribution is 6.48. The summed E-state index contributed by atoms with van der Waals surface area (Å²) in [5, 5.41) is 6.10. The quantitative estimate of drug-likeness (QED) is 0.639. The van der Waals surface area contributed by atoms with Crippen molar-refractivity contribution in [2.24, 2.45) is 5.41 Å². The van der Waals surface area contributed by atoms with E-state index in [-0.39, 0.29) is 23.7 Å². The zero-order chi connectivity index (χ0) is 16.4. The second-order valence-corrected chi connectivity index (χ2v) is 10.1. The third-order valence-corrected chi connectivity index (χ3v) is 8.97. The predicted molar refractivity (Wildman–Crippen MR) is 108 cm³/mol. The third kappa shape index (κ3) is 1.71. The van der Waals surface area contributed by atoms with Crippen LogP contribution in [-0.2, 0) is 0 Å². The molecule has 2 aliphatic heterocycles. The van der Waals surface area contributed by atoms with Gasteiger partial charge in [0.15, 0.2) is 0 Å². The molecule has 0 unspecified atom stereocenters. The second kappa shape index (κ2) is 4.81.